The van der Waals surface area contributed by atoms with Gasteiger partial charge in [-0.15, -0.1) is 0 Å². The number of aromatic hydroxyl groups is 1. The highest BCUT2D eigenvalue weighted by atomic mass is 32.2. The molecule has 0 saturated heterocycles. The summed E-state index contributed by atoms with van der Waals surface area (Å²) in [6.45, 7) is 3.87. The van der Waals surface area contributed by atoms with E-state index in [1.54, 1.807) is 12.1 Å². The number of nitrogens with one attached hydrogen (secondary N) is 1. The third-order valence-electron chi connectivity index (χ3n) is 4.70. The van der Waals surface area contributed by atoms with Crippen LogP contribution in [0.3, 0.4) is 0 Å². The Kier molecular flexibility index (Phi) is 8.91. The third kappa shape index (κ3) is 7.27. The molecule has 0 spiro atoms. The number of rotatable bonds is 12. The summed E-state index contributed by atoms with van der Waals surface area (Å²) in [6.07, 6.45) is -0.00338. The van der Waals surface area contributed by atoms with Crippen molar-refractivity contribution >= 4 is 29.6 Å². The van der Waals surface area contributed by atoms with Crippen LogP contribution in [0.25, 0.3) is 0 Å². The van der Waals surface area contributed by atoms with Crippen LogP contribution < -0.4 is 5.73 Å². The quantitative estimate of drug-likeness (QED) is 0.171. The summed E-state index contributed by atoms with van der Waals surface area (Å²) in [7, 11) is -2.53. The lowest BCUT2D eigenvalue weighted by Gasteiger charge is -2.29. The molecule has 0 aliphatic rings. The molecule has 31 heavy (non-hydrogen) atoms. The Labute approximate surface area is 184 Å². The molecule has 0 saturated carbocycles. The minimum Gasteiger partial charge on any atom is -0.555 e. The first-order valence-corrected chi connectivity index (χ1v) is 11.4. The lowest BCUT2D eigenvalue weighted by atomic mass is 9.72. The van der Waals surface area contributed by atoms with Gasteiger partial charge in [-0.25, -0.2) is 8.42 Å². The van der Waals surface area contributed by atoms with Crippen LogP contribution in [0.2, 0.25) is 5.82 Å². The second kappa shape index (κ2) is 11.2. The number of nitrogens with two attached hydrogens (primary N) is 1. The van der Waals surface area contributed by atoms with E-state index in [1.807, 2.05) is 13.8 Å². The van der Waals surface area contributed by atoms with Crippen molar-refractivity contribution in [1.29, 1.82) is 5.41 Å². The smallest absolute Gasteiger partial charge is 0.377 e. The van der Waals surface area contributed by atoms with Gasteiger partial charge in [0, 0.05) is 24.6 Å². The topological polar surface area (TPSA) is 137 Å². The van der Waals surface area contributed by atoms with Crippen LogP contribution in [0, 0.1) is 11.3 Å². The maximum atomic E-state index is 13.2. The SMILES string of the molecule is CC(C)CN(CC(O)[C@@H]([B]OC=N)Cc1ccc(O)cc1)S(=O)(=O)c1ccc(N)cc1. The van der Waals surface area contributed by atoms with Gasteiger partial charge in [0.1, 0.15) is 12.2 Å². The van der Waals surface area contributed by atoms with Crippen molar-refractivity contribution in [2.45, 2.75) is 37.1 Å². The van der Waals surface area contributed by atoms with E-state index in [0.29, 0.717) is 12.1 Å². The van der Waals surface area contributed by atoms with E-state index < -0.39 is 21.9 Å². The number of aliphatic hydroxyl groups is 1. The lowest BCUT2D eigenvalue weighted by Crippen LogP contribution is -2.42. The van der Waals surface area contributed by atoms with Gasteiger partial charge < -0.3 is 20.6 Å². The highest BCUT2D eigenvalue weighted by Gasteiger charge is 2.31. The molecule has 0 fully saturated rings. The number of nitrogens with zero attached hydrogens (tertiary/aromatic N) is 1. The summed E-state index contributed by atoms with van der Waals surface area (Å²) >= 11 is 0. The van der Waals surface area contributed by atoms with E-state index in [2.05, 4.69) is 0 Å². The maximum absolute atomic E-state index is 13.2. The number of aliphatic hydroxyl groups excluding tert-OH is 1. The van der Waals surface area contributed by atoms with Crippen molar-refractivity contribution in [3.05, 3.63) is 54.1 Å². The first-order valence-electron chi connectivity index (χ1n) is 9.93. The molecule has 2 rings (SSSR count). The number of sulfonamides is 1. The number of anilines is 1. The van der Waals surface area contributed by atoms with Crippen LogP contribution >= 0.6 is 0 Å². The summed E-state index contributed by atoms with van der Waals surface area (Å²) in [5.74, 6) is -0.422. The Balaban J connectivity index is 2.25. The van der Waals surface area contributed by atoms with Crippen molar-refractivity contribution in [2.75, 3.05) is 18.8 Å². The van der Waals surface area contributed by atoms with Crippen LogP contribution in [-0.4, -0.2) is 56.0 Å². The van der Waals surface area contributed by atoms with Crippen LogP contribution in [-0.2, 0) is 21.1 Å². The minimum atomic E-state index is -3.86. The number of nitrogen functional groups attached to an aromatic ring is 1. The normalized spacial score (nSPS) is 13.7. The monoisotopic (exact) mass is 446 g/mol. The fraction of sp³-hybridized carbons (Fsp3) is 0.381. The van der Waals surface area contributed by atoms with Gasteiger partial charge in [0.25, 0.3) is 0 Å². The molecule has 2 atom stereocenters. The summed E-state index contributed by atoms with van der Waals surface area (Å²) in [6, 6.07) is 12.4. The fourth-order valence-electron chi connectivity index (χ4n) is 3.13. The molecule has 0 aliphatic carbocycles. The molecule has 10 heteroatoms. The molecule has 8 nitrogen and oxygen atoms in total. The second-order valence-electron chi connectivity index (χ2n) is 7.78. The zero-order valence-electron chi connectivity index (χ0n) is 17.7. The first kappa shape index (κ1) is 24.7. The van der Waals surface area contributed by atoms with Crippen LogP contribution in [0.5, 0.6) is 5.75 Å². The van der Waals surface area contributed by atoms with Gasteiger partial charge in [-0.1, -0.05) is 26.0 Å². The van der Waals surface area contributed by atoms with Crippen molar-refractivity contribution < 1.29 is 23.3 Å². The molecule has 5 N–H and O–H groups in total. The number of phenolic OH excluding ortho intramolecular Hbond substituents is 1. The van der Waals surface area contributed by atoms with E-state index in [-0.39, 0.29) is 29.7 Å². The Morgan fingerprint density at radius 3 is 2.29 bits per heavy atom. The van der Waals surface area contributed by atoms with Gasteiger partial charge in [-0.3, -0.25) is 5.41 Å². The molecule has 2 aromatic rings. The molecule has 0 heterocycles. The van der Waals surface area contributed by atoms with E-state index in [0.717, 1.165) is 12.0 Å². The summed E-state index contributed by atoms with van der Waals surface area (Å²) in [4.78, 5) is 0.101. The molecular formula is C21H29BN3O5S. The lowest BCUT2D eigenvalue weighted by molar-refractivity contribution is 0.130. The van der Waals surface area contributed by atoms with Gasteiger partial charge in [0.2, 0.25) is 10.0 Å². The van der Waals surface area contributed by atoms with Crippen molar-refractivity contribution in [2.24, 2.45) is 5.92 Å². The number of hydrogen-bond acceptors (Lipinski definition) is 7. The Morgan fingerprint density at radius 2 is 1.74 bits per heavy atom. The summed E-state index contributed by atoms with van der Waals surface area (Å²) in [5, 5.41) is 27.5. The highest BCUT2D eigenvalue weighted by molar-refractivity contribution is 7.89. The van der Waals surface area contributed by atoms with Crippen molar-refractivity contribution in [3.8, 4) is 5.75 Å². The minimum absolute atomic E-state index is 0.0353. The zero-order valence-corrected chi connectivity index (χ0v) is 18.5. The van der Waals surface area contributed by atoms with Crippen LogP contribution in [0.1, 0.15) is 19.4 Å². The van der Waals surface area contributed by atoms with E-state index in [1.165, 1.54) is 48.2 Å². The second-order valence-corrected chi connectivity index (χ2v) is 9.71. The predicted molar refractivity (Wildman–Crippen MR) is 122 cm³/mol. The van der Waals surface area contributed by atoms with Crippen molar-refractivity contribution in [1.82, 2.24) is 4.31 Å². The first-order chi connectivity index (χ1) is 14.6. The third-order valence-corrected chi connectivity index (χ3v) is 6.55. The molecular weight excluding hydrogens is 417 g/mol. The Bertz CT molecular complexity index is 936. The molecule has 0 bridgehead atoms. The molecule has 1 unspecified atom stereocenters. The number of phenols is 1. The fourth-order valence-corrected chi connectivity index (χ4v) is 4.75. The maximum Gasteiger partial charge on any atom is 0.377 e. The molecule has 0 aromatic heterocycles. The Hall–Kier alpha value is -2.56. The van der Waals surface area contributed by atoms with Crippen LogP contribution in [0.15, 0.2) is 53.4 Å². The average Bonchev–Trinajstić information content (AvgIpc) is 2.72. The predicted octanol–water partition coefficient (Wildman–Crippen LogP) is 2.26. The van der Waals surface area contributed by atoms with Gasteiger partial charge in [-0.05, 0) is 54.3 Å². The summed E-state index contributed by atoms with van der Waals surface area (Å²) in [5.41, 5.74) is 6.96. The molecule has 167 valence electrons. The van der Waals surface area contributed by atoms with Crippen molar-refractivity contribution in [3.63, 3.8) is 0 Å². The average molecular weight is 446 g/mol. The van der Waals surface area contributed by atoms with E-state index in [4.69, 9.17) is 15.8 Å². The zero-order chi connectivity index (χ0) is 23.0. The van der Waals surface area contributed by atoms with Gasteiger partial charge >= 0.3 is 7.48 Å². The Morgan fingerprint density at radius 1 is 1.13 bits per heavy atom. The number of benzene rings is 2. The summed E-state index contributed by atoms with van der Waals surface area (Å²) < 4.78 is 32.7. The largest absolute Gasteiger partial charge is 0.555 e. The van der Waals surface area contributed by atoms with E-state index in [9.17, 15) is 18.6 Å². The van der Waals surface area contributed by atoms with Gasteiger partial charge in [0.05, 0.1) is 11.0 Å². The van der Waals surface area contributed by atoms with Gasteiger partial charge in [-0.2, -0.15) is 4.31 Å². The molecule has 1 radical (unpaired) electrons. The molecule has 2 aromatic carbocycles. The van der Waals surface area contributed by atoms with Crippen LogP contribution in [0.4, 0.5) is 5.69 Å². The molecule has 0 amide bonds. The number of hydrogen-bond donors (Lipinski definition) is 4. The van der Waals surface area contributed by atoms with E-state index >= 15 is 0 Å². The highest BCUT2D eigenvalue weighted by Crippen LogP contribution is 2.24. The van der Waals surface area contributed by atoms with Gasteiger partial charge in [0.15, 0.2) is 0 Å². The molecule has 0 aliphatic heterocycles. The standard InChI is InChI=1S/C21H29BN3O5S/c1-15(2)12-25(31(28,29)19-9-5-17(24)6-10-19)13-21(27)20(22-30-14-23)11-16-3-7-18(26)8-4-16/h3-10,14-15,20-21,23,26-27H,11-13,24H2,1-2H3/t20-,21?/m0/s1.